The van der Waals surface area contributed by atoms with E-state index in [2.05, 4.69) is 5.32 Å². The number of likely N-dealkylation sites (N-methyl/N-ethyl adjacent to an activating group) is 1. The van der Waals surface area contributed by atoms with Crippen molar-refractivity contribution in [2.75, 3.05) is 11.9 Å². The highest BCUT2D eigenvalue weighted by Crippen LogP contribution is 2.34. The molecular weight excluding hydrogens is 343 g/mol. The molecule has 0 bridgehead atoms. The number of rotatable bonds is 4. The monoisotopic (exact) mass is 360 g/mol. The number of carbonyl (C=O) groups excluding carboxylic acids is 2. The van der Waals surface area contributed by atoms with E-state index in [0.29, 0.717) is 29.4 Å². The molecule has 0 spiro atoms. The molecule has 2 aromatic rings. The number of anilines is 1. The van der Waals surface area contributed by atoms with Crippen LogP contribution in [0.25, 0.3) is 0 Å². The molecule has 1 aliphatic heterocycles. The minimum absolute atomic E-state index is 0.0590. The Morgan fingerprint density at radius 2 is 2.12 bits per heavy atom. The van der Waals surface area contributed by atoms with Gasteiger partial charge in [-0.2, -0.15) is 0 Å². The van der Waals surface area contributed by atoms with Gasteiger partial charge in [0, 0.05) is 30.2 Å². The van der Waals surface area contributed by atoms with E-state index in [1.54, 1.807) is 17.0 Å². The average Bonchev–Trinajstić information content (AvgIpc) is 2.58. The summed E-state index contributed by atoms with van der Waals surface area (Å²) in [4.78, 5) is 26.7. The summed E-state index contributed by atoms with van der Waals surface area (Å²) in [5.41, 5.74) is 1.94. The molecule has 1 N–H and O–H groups in total. The smallest absolute Gasteiger partial charge is 0.231 e. The Balaban J connectivity index is 1.87. The fourth-order valence-corrected chi connectivity index (χ4v) is 3.29. The Kier molecular flexibility index (Phi) is 5.04. The van der Waals surface area contributed by atoms with Crippen molar-refractivity contribution in [1.82, 2.24) is 4.90 Å². The number of halogens is 2. The lowest BCUT2D eigenvalue weighted by Gasteiger charge is -2.30. The second-order valence-corrected chi connectivity index (χ2v) is 6.46. The molecule has 6 heteroatoms. The number of nitrogens with one attached hydrogen (secondary N) is 1. The lowest BCUT2D eigenvalue weighted by atomic mass is 9.89. The molecule has 1 unspecified atom stereocenters. The maximum atomic E-state index is 13.4. The third kappa shape index (κ3) is 3.82. The van der Waals surface area contributed by atoms with Gasteiger partial charge in [-0.25, -0.2) is 4.39 Å². The molecule has 0 saturated carbocycles. The van der Waals surface area contributed by atoms with Crippen molar-refractivity contribution >= 4 is 29.1 Å². The minimum Gasteiger partial charge on any atom is -0.338 e. The molecule has 4 nitrogen and oxygen atoms in total. The molecule has 2 amide bonds. The zero-order valence-corrected chi connectivity index (χ0v) is 14.5. The Bertz CT molecular complexity index is 825. The van der Waals surface area contributed by atoms with Crippen molar-refractivity contribution < 1.29 is 14.0 Å². The van der Waals surface area contributed by atoms with Crippen molar-refractivity contribution in [3.8, 4) is 0 Å². The first-order valence-electron chi connectivity index (χ1n) is 8.10. The molecule has 2 aromatic carbocycles. The molecule has 0 fully saturated rings. The van der Waals surface area contributed by atoms with Crippen LogP contribution < -0.4 is 5.32 Å². The topological polar surface area (TPSA) is 49.4 Å². The lowest BCUT2D eigenvalue weighted by molar-refractivity contribution is -0.135. The maximum Gasteiger partial charge on any atom is 0.231 e. The van der Waals surface area contributed by atoms with E-state index < -0.39 is 11.7 Å². The van der Waals surface area contributed by atoms with E-state index in [-0.39, 0.29) is 18.2 Å². The fourth-order valence-electron chi connectivity index (χ4n) is 3.08. The van der Waals surface area contributed by atoms with Gasteiger partial charge < -0.3 is 10.2 Å². The molecule has 1 heterocycles. The second kappa shape index (κ2) is 7.23. The van der Waals surface area contributed by atoms with E-state index in [9.17, 15) is 14.0 Å². The minimum atomic E-state index is -0.608. The molecule has 0 aliphatic carbocycles. The van der Waals surface area contributed by atoms with Crippen LogP contribution in [0.5, 0.6) is 0 Å². The molecule has 25 heavy (non-hydrogen) atoms. The predicted molar refractivity (Wildman–Crippen MR) is 94.9 cm³/mol. The molecule has 130 valence electrons. The first-order chi connectivity index (χ1) is 12.0. The van der Waals surface area contributed by atoms with Gasteiger partial charge in [-0.3, -0.25) is 9.59 Å². The summed E-state index contributed by atoms with van der Waals surface area (Å²) in [5.74, 6) is -1.48. The summed E-state index contributed by atoms with van der Waals surface area (Å²) in [6.07, 6.45) is 0.0590. The second-order valence-electron chi connectivity index (χ2n) is 6.02. The lowest BCUT2D eigenvalue weighted by Crippen LogP contribution is -2.38. The van der Waals surface area contributed by atoms with E-state index in [4.69, 9.17) is 11.6 Å². The van der Waals surface area contributed by atoms with Crippen LogP contribution in [0.2, 0.25) is 5.02 Å². The normalized spacial score (nSPS) is 16.1. The Labute approximate surface area is 150 Å². The number of fused-ring (bicyclic) bond motifs is 1. The Hall–Kier alpha value is -2.40. The third-order valence-electron chi connectivity index (χ3n) is 4.31. The van der Waals surface area contributed by atoms with E-state index in [1.807, 2.05) is 25.1 Å². The molecule has 1 aliphatic rings. The highest BCUT2D eigenvalue weighted by molar-refractivity contribution is 6.30. The van der Waals surface area contributed by atoms with Gasteiger partial charge >= 0.3 is 0 Å². The van der Waals surface area contributed by atoms with Gasteiger partial charge in [0.1, 0.15) is 5.82 Å². The zero-order chi connectivity index (χ0) is 18.0. The van der Waals surface area contributed by atoms with Gasteiger partial charge in [0.2, 0.25) is 11.8 Å². The molecule has 1 atom stereocenters. The van der Waals surface area contributed by atoms with Crippen molar-refractivity contribution in [3.05, 3.63) is 64.4 Å². The van der Waals surface area contributed by atoms with Gasteiger partial charge in [-0.15, -0.1) is 0 Å². The summed E-state index contributed by atoms with van der Waals surface area (Å²) in [7, 11) is 0. The predicted octanol–water partition coefficient (Wildman–Crippen LogP) is 3.95. The van der Waals surface area contributed by atoms with Gasteiger partial charge in [0.15, 0.2) is 0 Å². The third-order valence-corrected chi connectivity index (χ3v) is 4.54. The van der Waals surface area contributed by atoms with Crippen molar-refractivity contribution in [1.29, 1.82) is 0 Å². The van der Waals surface area contributed by atoms with Gasteiger partial charge in [-0.05, 0) is 42.3 Å². The van der Waals surface area contributed by atoms with Gasteiger partial charge in [0.25, 0.3) is 0 Å². The number of carbonyl (C=O) groups is 2. The standard InChI is InChI=1S/C19H18ClFN2O2/c1-2-23(11-12-4-3-5-13(20)8-12)19(25)16-10-18(24)22-17-9-14(21)6-7-15(16)17/h3-9,16H,2,10-11H2,1H3,(H,22,24). The molecule has 0 saturated heterocycles. The number of nitrogens with zero attached hydrogens (tertiary/aromatic N) is 1. The maximum absolute atomic E-state index is 13.4. The van der Waals surface area contributed by atoms with E-state index in [0.717, 1.165) is 5.56 Å². The van der Waals surface area contributed by atoms with Crippen LogP contribution in [-0.2, 0) is 16.1 Å². The summed E-state index contributed by atoms with van der Waals surface area (Å²) >= 11 is 6.01. The number of amides is 2. The molecule has 0 aromatic heterocycles. The van der Waals surface area contributed by atoms with Crippen LogP contribution in [0.3, 0.4) is 0 Å². The molecule has 3 rings (SSSR count). The molecule has 0 radical (unpaired) electrons. The van der Waals surface area contributed by atoms with Crippen LogP contribution in [-0.4, -0.2) is 23.3 Å². The van der Waals surface area contributed by atoms with E-state index in [1.165, 1.54) is 12.1 Å². The average molecular weight is 361 g/mol. The largest absolute Gasteiger partial charge is 0.338 e. The van der Waals surface area contributed by atoms with Gasteiger partial charge in [-0.1, -0.05) is 29.8 Å². The fraction of sp³-hybridized carbons (Fsp3) is 0.263. The number of hydrogen-bond acceptors (Lipinski definition) is 2. The van der Waals surface area contributed by atoms with Crippen LogP contribution in [0.1, 0.15) is 30.4 Å². The highest BCUT2D eigenvalue weighted by Gasteiger charge is 2.33. The summed E-state index contributed by atoms with van der Waals surface area (Å²) in [6, 6.07) is 11.5. The van der Waals surface area contributed by atoms with Crippen LogP contribution in [0, 0.1) is 5.82 Å². The van der Waals surface area contributed by atoms with Crippen molar-refractivity contribution in [2.24, 2.45) is 0 Å². The first kappa shape index (κ1) is 17.4. The summed E-state index contributed by atoms with van der Waals surface area (Å²) < 4.78 is 13.4. The van der Waals surface area contributed by atoms with Gasteiger partial charge in [0.05, 0.1) is 5.92 Å². The van der Waals surface area contributed by atoms with Crippen LogP contribution in [0.4, 0.5) is 10.1 Å². The first-order valence-corrected chi connectivity index (χ1v) is 8.48. The Morgan fingerprint density at radius 1 is 1.32 bits per heavy atom. The SMILES string of the molecule is CCN(Cc1cccc(Cl)c1)C(=O)C1CC(=O)Nc2cc(F)ccc21. The zero-order valence-electron chi connectivity index (χ0n) is 13.8. The van der Waals surface area contributed by atoms with Crippen molar-refractivity contribution in [2.45, 2.75) is 25.8 Å². The van der Waals surface area contributed by atoms with Crippen molar-refractivity contribution in [3.63, 3.8) is 0 Å². The Morgan fingerprint density at radius 3 is 2.84 bits per heavy atom. The number of benzene rings is 2. The summed E-state index contributed by atoms with van der Waals surface area (Å²) in [6.45, 7) is 2.79. The van der Waals surface area contributed by atoms with Crippen LogP contribution >= 0.6 is 11.6 Å². The highest BCUT2D eigenvalue weighted by atomic mass is 35.5. The van der Waals surface area contributed by atoms with Crippen LogP contribution in [0.15, 0.2) is 42.5 Å². The van der Waals surface area contributed by atoms with E-state index >= 15 is 0 Å². The quantitative estimate of drug-likeness (QED) is 0.897. The molecular formula is C19H18ClFN2O2. The number of hydrogen-bond donors (Lipinski definition) is 1. The summed E-state index contributed by atoms with van der Waals surface area (Å²) in [5, 5.41) is 3.24.